The van der Waals surface area contributed by atoms with Gasteiger partial charge in [0.2, 0.25) is 0 Å². The maximum Gasteiger partial charge on any atom is 0.255 e. The zero-order valence-electron chi connectivity index (χ0n) is 10.9. The summed E-state index contributed by atoms with van der Waals surface area (Å²) in [6.45, 7) is 3.69. The van der Waals surface area contributed by atoms with Gasteiger partial charge in [0.05, 0.1) is 17.9 Å². The van der Waals surface area contributed by atoms with Crippen LogP contribution in [0.5, 0.6) is 0 Å². The number of pyridine rings is 1. The lowest BCUT2D eigenvalue weighted by Gasteiger charge is -2.13. The Kier molecular flexibility index (Phi) is 4.68. The van der Waals surface area contributed by atoms with Crippen LogP contribution in [0.15, 0.2) is 12.3 Å². The van der Waals surface area contributed by atoms with Gasteiger partial charge in [0, 0.05) is 19.7 Å². The molecule has 0 aliphatic carbocycles. The second kappa shape index (κ2) is 6.47. The van der Waals surface area contributed by atoms with Gasteiger partial charge in [0.1, 0.15) is 11.6 Å². The van der Waals surface area contributed by atoms with Gasteiger partial charge in [-0.25, -0.2) is 9.37 Å². The van der Waals surface area contributed by atoms with Crippen molar-refractivity contribution in [2.24, 2.45) is 0 Å². The van der Waals surface area contributed by atoms with Gasteiger partial charge in [-0.3, -0.25) is 4.79 Å². The number of rotatable bonds is 5. The first-order chi connectivity index (χ1) is 9.20. The first kappa shape index (κ1) is 13.7. The average Bonchev–Trinajstić information content (AvgIpc) is 2.91. The van der Waals surface area contributed by atoms with Gasteiger partial charge in [0.25, 0.3) is 5.91 Å². The Labute approximate surface area is 111 Å². The Morgan fingerprint density at radius 1 is 1.63 bits per heavy atom. The molecule has 6 heteroatoms. The summed E-state index contributed by atoms with van der Waals surface area (Å²) in [5.74, 6) is -0.462. The first-order valence-corrected chi connectivity index (χ1v) is 6.50. The summed E-state index contributed by atoms with van der Waals surface area (Å²) in [6, 6.07) is 1.19. The van der Waals surface area contributed by atoms with E-state index in [-0.39, 0.29) is 17.6 Å². The molecule has 19 heavy (non-hydrogen) atoms. The maximum atomic E-state index is 13.2. The van der Waals surface area contributed by atoms with Gasteiger partial charge in [-0.05, 0) is 25.8 Å². The van der Waals surface area contributed by atoms with Crippen LogP contribution in [0.3, 0.4) is 0 Å². The number of carbonyl (C=O) groups excluding carboxylic acids is 1. The molecular weight excluding hydrogens is 249 g/mol. The molecule has 2 N–H and O–H groups in total. The lowest BCUT2D eigenvalue weighted by atomic mass is 10.2. The summed E-state index contributed by atoms with van der Waals surface area (Å²) in [4.78, 5) is 15.9. The van der Waals surface area contributed by atoms with Crippen molar-refractivity contribution in [3.63, 3.8) is 0 Å². The topological polar surface area (TPSA) is 63.2 Å². The molecular formula is C13H18FN3O2. The molecule has 1 saturated heterocycles. The number of nitrogens with zero attached hydrogens (tertiary/aromatic N) is 1. The summed E-state index contributed by atoms with van der Waals surface area (Å²) >= 11 is 0. The van der Waals surface area contributed by atoms with Crippen molar-refractivity contribution < 1.29 is 13.9 Å². The van der Waals surface area contributed by atoms with Crippen LogP contribution in [0.2, 0.25) is 0 Å². The standard InChI is InChI=1S/C13H18FN3O2/c1-2-15-12-11(6-9(14)7-16-12)13(18)17-8-10-4-3-5-19-10/h6-7,10H,2-5,8H2,1H3,(H,15,16)(H,17,18). The number of hydrogen-bond donors (Lipinski definition) is 2. The highest BCUT2D eigenvalue weighted by Crippen LogP contribution is 2.14. The number of hydrogen-bond acceptors (Lipinski definition) is 4. The van der Waals surface area contributed by atoms with Gasteiger partial charge in [-0.1, -0.05) is 0 Å². The first-order valence-electron chi connectivity index (χ1n) is 6.50. The van der Waals surface area contributed by atoms with Crippen molar-refractivity contribution in [2.45, 2.75) is 25.9 Å². The van der Waals surface area contributed by atoms with E-state index in [1.165, 1.54) is 6.07 Å². The number of anilines is 1. The Balaban J connectivity index is 2.02. The number of aromatic nitrogens is 1. The van der Waals surface area contributed by atoms with Crippen molar-refractivity contribution in [2.75, 3.05) is 25.0 Å². The molecule has 1 aromatic heterocycles. The molecule has 104 valence electrons. The molecule has 0 saturated carbocycles. The van der Waals surface area contributed by atoms with E-state index < -0.39 is 5.82 Å². The van der Waals surface area contributed by atoms with Crippen molar-refractivity contribution in [1.29, 1.82) is 0 Å². The van der Waals surface area contributed by atoms with Crippen LogP contribution in [0.25, 0.3) is 0 Å². The minimum Gasteiger partial charge on any atom is -0.376 e. The lowest BCUT2D eigenvalue weighted by molar-refractivity contribution is 0.0858. The van der Waals surface area contributed by atoms with Gasteiger partial charge >= 0.3 is 0 Å². The van der Waals surface area contributed by atoms with Crippen LogP contribution in [0.1, 0.15) is 30.1 Å². The minimum atomic E-state index is -0.524. The lowest BCUT2D eigenvalue weighted by Crippen LogP contribution is -2.32. The van der Waals surface area contributed by atoms with Crippen LogP contribution in [-0.4, -0.2) is 36.7 Å². The Bertz CT molecular complexity index is 448. The summed E-state index contributed by atoms with van der Waals surface area (Å²) in [5.41, 5.74) is 0.222. The highest BCUT2D eigenvalue weighted by atomic mass is 19.1. The molecule has 1 amide bonds. The van der Waals surface area contributed by atoms with E-state index in [2.05, 4.69) is 15.6 Å². The van der Waals surface area contributed by atoms with Crippen molar-refractivity contribution in [3.05, 3.63) is 23.6 Å². The third kappa shape index (κ3) is 3.64. The molecule has 0 spiro atoms. The van der Waals surface area contributed by atoms with Crippen LogP contribution >= 0.6 is 0 Å². The molecule has 0 bridgehead atoms. The number of carbonyl (C=O) groups is 1. The quantitative estimate of drug-likeness (QED) is 0.850. The molecule has 1 atom stereocenters. The van der Waals surface area contributed by atoms with Crippen LogP contribution in [0.4, 0.5) is 10.2 Å². The number of nitrogens with one attached hydrogen (secondary N) is 2. The molecule has 0 aromatic carbocycles. The molecule has 1 aliphatic heterocycles. The van der Waals surface area contributed by atoms with Crippen molar-refractivity contribution >= 4 is 11.7 Å². The fraction of sp³-hybridized carbons (Fsp3) is 0.538. The molecule has 1 aromatic rings. The Morgan fingerprint density at radius 2 is 2.47 bits per heavy atom. The number of halogens is 1. The third-order valence-electron chi connectivity index (χ3n) is 2.96. The summed E-state index contributed by atoms with van der Waals surface area (Å²) in [6.07, 6.45) is 3.12. The van der Waals surface area contributed by atoms with Crippen molar-refractivity contribution in [3.8, 4) is 0 Å². The van der Waals surface area contributed by atoms with Gasteiger partial charge in [0.15, 0.2) is 0 Å². The normalized spacial score (nSPS) is 18.3. The smallest absolute Gasteiger partial charge is 0.255 e. The molecule has 1 unspecified atom stereocenters. The van der Waals surface area contributed by atoms with Crippen LogP contribution in [-0.2, 0) is 4.74 Å². The minimum absolute atomic E-state index is 0.0630. The molecule has 1 aliphatic rings. The summed E-state index contributed by atoms with van der Waals surface area (Å²) < 4.78 is 18.6. The Hall–Kier alpha value is -1.69. The number of ether oxygens (including phenoxy) is 1. The van der Waals surface area contributed by atoms with E-state index in [1.807, 2.05) is 6.92 Å². The van der Waals surface area contributed by atoms with Gasteiger partial charge in [-0.2, -0.15) is 0 Å². The van der Waals surface area contributed by atoms with Crippen LogP contribution in [0, 0.1) is 5.82 Å². The average molecular weight is 267 g/mol. The summed E-state index contributed by atoms with van der Waals surface area (Å²) in [5, 5.41) is 5.70. The highest BCUT2D eigenvalue weighted by molar-refractivity contribution is 5.98. The predicted molar refractivity (Wildman–Crippen MR) is 69.7 cm³/mol. The van der Waals surface area contributed by atoms with Gasteiger partial charge < -0.3 is 15.4 Å². The SMILES string of the molecule is CCNc1ncc(F)cc1C(=O)NCC1CCCO1. The third-order valence-corrected chi connectivity index (χ3v) is 2.96. The zero-order chi connectivity index (χ0) is 13.7. The molecule has 2 rings (SSSR count). The summed E-state index contributed by atoms with van der Waals surface area (Å²) in [7, 11) is 0. The molecule has 5 nitrogen and oxygen atoms in total. The molecule has 1 fully saturated rings. The fourth-order valence-corrected chi connectivity index (χ4v) is 2.03. The number of amides is 1. The van der Waals surface area contributed by atoms with E-state index in [0.717, 1.165) is 25.6 Å². The van der Waals surface area contributed by atoms with E-state index in [1.54, 1.807) is 0 Å². The maximum absolute atomic E-state index is 13.2. The van der Waals surface area contributed by atoms with E-state index in [4.69, 9.17) is 4.74 Å². The zero-order valence-corrected chi connectivity index (χ0v) is 10.9. The predicted octanol–water partition coefficient (Wildman–Crippen LogP) is 1.56. The molecule has 0 radical (unpaired) electrons. The van der Waals surface area contributed by atoms with E-state index >= 15 is 0 Å². The Morgan fingerprint density at radius 3 is 3.16 bits per heavy atom. The van der Waals surface area contributed by atoms with Crippen LogP contribution < -0.4 is 10.6 Å². The van der Waals surface area contributed by atoms with E-state index in [0.29, 0.717) is 18.9 Å². The molecule has 2 heterocycles. The monoisotopic (exact) mass is 267 g/mol. The second-order valence-electron chi connectivity index (χ2n) is 4.43. The highest BCUT2D eigenvalue weighted by Gasteiger charge is 2.18. The largest absolute Gasteiger partial charge is 0.376 e. The van der Waals surface area contributed by atoms with Gasteiger partial charge in [-0.15, -0.1) is 0 Å². The van der Waals surface area contributed by atoms with E-state index in [9.17, 15) is 9.18 Å². The van der Waals surface area contributed by atoms with Crippen molar-refractivity contribution in [1.82, 2.24) is 10.3 Å². The fourth-order valence-electron chi connectivity index (χ4n) is 2.03. The second-order valence-corrected chi connectivity index (χ2v) is 4.43.